The predicted molar refractivity (Wildman–Crippen MR) is 89.0 cm³/mol. The van der Waals surface area contributed by atoms with Crippen molar-refractivity contribution in [1.82, 2.24) is 16.0 Å². The van der Waals surface area contributed by atoms with Crippen molar-refractivity contribution in [3.05, 3.63) is 35.2 Å². The molecule has 1 aliphatic heterocycles. The number of aliphatic hydroxyl groups excluding tert-OH is 1. The Morgan fingerprint density at radius 3 is 3.14 bits per heavy atom. The minimum absolute atomic E-state index is 0.133. The van der Waals surface area contributed by atoms with Gasteiger partial charge in [-0.3, -0.25) is 0 Å². The highest BCUT2D eigenvalue weighted by molar-refractivity contribution is 7.17. The zero-order chi connectivity index (χ0) is 15.4. The molecule has 3 rings (SSSR count). The highest BCUT2D eigenvalue weighted by atomic mass is 32.1. The molecule has 4 N–H and O–H groups in total. The van der Waals surface area contributed by atoms with E-state index >= 15 is 0 Å². The van der Waals surface area contributed by atoms with Gasteiger partial charge < -0.3 is 21.1 Å². The van der Waals surface area contributed by atoms with E-state index in [1.54, 1.807) is 11.3 Å². The van der Waals surface area contributed by atoms with Gasteiger partial charge in [-0.15, -0.1) is 11.3 Å². The van der Waals surface area contributed by atoms with E-state index in [1.807, 2.05) is 6.07 Å². The number of hydrogen-bond donors (Lipinski definition) is 4. The molecule has 0 unspecified atom stereocenters. The lowest BCUT2D eigenvalue weighted by Crippen LogP contribution is -2.47. The number of benzene rings is 1. The first-order valence-electron chi connectivity index (χ1n) is 7.59. The van der Waals surface area contributed by atoms with Gasteiger partial charge in [0.1, 0.15) is 0 Å². The maximum atomic E-state index is 11.9. The van der Waals surface area contributed by atoms with Crippen molar-refractivity contribution >= 4 is 27.5 Å². The summed E-state index contributed by atoms with van der Waals surface area (Å²) in [5.41, 5.74) is 1.09. The predicted octanol–water partition coefficient (Wildman–Crippen LogP) is 1.67. The van der Waals surface area contributed by atoms with Crippen LogP contribution in [0.3, 0.4) is 0 Å². The van der Waals surface area contributed by atoms with Gasteiger partial charge in [0.25, 0.3) is 0 Å². The summed E-state index contributed by atoms with van der Waals surface area (Å²) in [6.45, 7) is 2.52. The maximum absolute atomic E-state index is 11.9. The minimum Gasteiger partial charge on any atom is -0.391 e. The molecule has 5 nitrogen and oxygen atoms in total. The van der Waals surface area contributed by atoms with Crippen molar-refractivity contribution in [2.24, 2.45) is 5.92 Å². The summed E-state index contributed by atoms with van der Waals surface area (Å²) in [7, 11) is 0. The fourth-order valence-corrected chi connectivity index (χ4v) is 3.50. The van der Waals surface area contributed by atoms with Gasteiger partial charge in [0.2, 0.25) is 0 Å². The average Bonchev–Trinajstić information content (AvgIpc) is 2.99. The molecule has 2 amide bonds. The monoisotopic (exact) mass is 319 g/mol. The van der Waals surface area contributed by atoms with Crippen molar-refractivity contribution in [2.45, 2.75) is 19.1 Å². The molecular weight excluding hydrogens is 298 g/mol. The third-order valence-corrected chi connectivity index (χ3v) is 4.98. The highest BCUT2D eigenvalue weighted by Gasteiger charge is 2.22. The zero-order valence-corrected chi connectivity index (χ0v) is 13.2. The Morgan fingerprint density at radius 2 is 2.27 bits per heavy atom. The Hall–Kier alpha value is -1.63. The van der Waals surface area contributed by atoms with Gasteiger partial charge in [-0.2, -0.15) is 0 Å². The lowest BCUT2D eigenvalue weighted by Gasteiger charge is -2.28. The number of piperidine rings is 1. The van der Waals surface area contributed by atoms with Crippen LogP contribution in [-0.4, -0.2) is 36.9 Å². The minimum atomic E-state index is -0.380. The molecule has 2 aromatic rings. The van der Waals surface area contributed by atoms with Gasteiger partial charge in [0.15, 0.2) is 0 Å². The second-order valence-electron chi connectivity index (χ2n) is 5.68. The number of β-amino-alcohol motifs (C(OH)–C–C–N with tert-alkyl or cyclic N) is 1. The van der Waals surface area contributed by atoms with E-state index in [4.69, 9.17) is 0 Å². The summed E-state index contributed by atoms with van der Waals surface area (Å²) < 4.78 is 1.26. The Balaban J connectivity index is 1.45. The molecule has 0 saturated carbocycles. The van der Waals surface area contributed by atoms with Crippen molar-refractivity contribution < 1.29 is 9.90 Å². The molecule has 0 aliphatic carbocycles. The Kier molecular flexibility index (Phi) is 4.92. The second-order valence-corrected chi connectivity index (χ2v) is 6.62. The molecule has 1 aliphatic rings. The molecule has 0 radical (unpaired) electrons. The normalized spacial score (nSPS) is 21.7. The summed E-state index contributed by atoms with van der Waals surface area (Å²) >= 11 is 1.72. The van der Waals surface area contributed by atoms with E-state index in [0.29, 0.717) is 19.6 Å². The molecular formula is C16H21N3O2S. The van der Waals surface area contributed by atoms with Crippen LogP contribution in [0.5, 0.6) is 0 Å². The summed E-state index contributed by atoms with van der Waals surface area (Å²) in [5.74, 6) is 0.133. The highest BCUT2D eigenvalue weighted by Crippen LogP contribution is 2.21. The summed E-state index contributed by atoms with van der Waals surface area (Å²) in [6.07, 6.45) is 0.506. The van der Waals surface area contributed by atoms with E-state index in [2.05, 4.69) is 39.5 Å². The first-order chi connectivity index (χ1) is 10.7. The van der Waals surface area contributed by atoms with Crippen LogP contribution in [0.2, 0.25) is 0 Å². The molecule has 1 fully saturated rings. The second kappa shape index (κ2) is 7.09. The number of urea groups is 1. The number of carbonyl (C=O) groups is 1. The number of rotatable bonds is 4. The van der Waals surface area contributed by atoms with Crippen LogP contribution >= 0.6 is 11.3 Å². The largest absolute Gasteiger partial charge is 0.391 e. The summed E-state index contributed by atoms with van der Waals surface area (Å²) in [6, 6.07) is 8.12. The smallest absolute Gasteiger partial charge is 0.315 e. The molecule has 1 aromatic heterocycles. The quantitative estimate of drug-likeness (QED) is 0.693. The fourth-order valence-electron chi connectivity index (χ4n) is 2.73. The average molecular weight is 319 g/mol. The molecule has 2 atom stereocenters. The molecule has 0 bridgehead atoms. The third kappa shape index (κ3) is 3.76. The first-order valence-corrected chi connectivity index (χ1v) is 8.47. The summed E-state index contributed by atoms with van der Waals surface area (Å²) in [5, 5.41) is 22.0. The standard InChI is InChI=1S/C16H21N3O2S/c20-14-10-17-5-3-13(14)9-19-16(21)18-8-11-1-2-15-12(7-11)4-6-22-15/h1-2,4,6-7,13-14,17,20H,3,5,8-10H2,(H2,18,19,21)/t13-,14+/m0/s1. The molecule has 1 saturated heterocycles. The Labute approximate surface area is 133 Å². The van der Waals surface area contributed by atoms with E-state index in [9.17, 15) is 9.90 Å². The lowest BCUT2D eigenvalue weighted by atomic mass is 9.95. The number of thiophene rings is 1. The van der Waals surface area contributed by atoms with Gasteiger partial charge in [-0.05, 0) is 47.5 Å². The van der Waals surface area contributed by atoms with Crippen molar-refractivity contribution in [1.29, 1.82) is 0 Å². The van der Waals surface area contributed by atoms with Crippen molar-refractivity contribution in [3.63, 3.8) is 0 Å². The molecule has 1 aromatic carbocycles. The zero-order valence-electron chi connectivity index (χ0n) is 12.3. The van der Waals surface area contributed by atoms with E-state index in [1.165, 1.54) is 10.1 Å². The molecule has 118 valence electrons. The lowest BCUT2D eigenvalue weighted by molar-refractivity contribution is 0.0827. The van der Waals surface area contributed by atoms with Gasteiger partial charge in [-0.25, -0.2) is 4.79 Å². The van der Waals surface area contributed by atoms with Gasteiger partial charge in [-0.1, -0.05) is 6.07 Å². The van der Waals surface area contributed by atoms with E-state index < -0.39 is 0 Å². The Morgan fingerprint density at radius 1 is 1.36 bits per heavy atom. The van der Waals surface area contributed by atoms with Crippen LogP contribution in [0, 0.1) is 5.92 Å². The molecule has 0 spiro atoms. The van der Waals surface area contributed by atoms with Crippen LogP contribution in [0.25, 0.3) is 10.1 Å². The Bertz CT molecular complexity index is 643. The molecule has 2 heterocycles. The van der Waals surface area contributed by atoms with Crippen LogP contribution in [0.15, 0.2) is 29.6 Å². The number of nitrogens with one attached hydrogen (secondary N) is 3. The van der Waals surface area contributed by atoms with Crippen molar-refractivity contribution in [3.8, 4) is 0 Å². The third-order valence-electron chi connectivity index (χ3n) is 4.08. The van der Waals surface area contributed by atoms with Crippen LogP contribution in [-0.2, 0) is 6.54 Å². The number of fused-ring (bicyclic) bond motifs is 1. The van der Waals surface area contributed by atoms with Gasteiger partial charge in [0.05, 0.1) is 6.10 Å². The van der Waals surface area contributed by atoms with Gasteiger partial charge in [0, 0.05) is 30.3 Å². The fraction of sp³-hybridized carbons (Fsp3) is 0.438. The maximum Gasteiger partial charge on any atom is 0.315 e. The summed E-state index contributed by atoms with van der Waals surface area (Å²) in [4.78, 5) is 11.9. The van der Waals surface area contributed by atoms with Gasteiger partial charge >= 0.3 is 6.03 Å². The molecule has 6 heteroatoms. The first kappa shape index (κ1) is 15.3. The van der Waals surface area contributed by atoms with Crippen molar-refractivity contribution in [2.75, 3.05) is 19.6 Å². The van der Waals surface area contributed by atoms with Crippen LogP contribution in [0.1, 0.15) is 12.0 Å². The van der Waals surface area contributed by atoms with Crippen LogP contribution in [0.4, 0.5) is 4.79 Å². The van der Waals surface area contributed by atoms with Crippen LogP contribution < -0.4 is 16.0 Å². The van der Waals surface area contributed by atoms with E-state index in [0.717, 1.165) is 18.5 Å². The SMILES string of the molecule is O=C(NCc1ccc2sccc2c1)NC[C@@H]1CCNC[C@H]1O. The number of amides is 2. The topological polar surface area (TPSA) is 73.4 Å². The number of carbonyl (C=O) groups excluding carboxylic acids is 1. The molecule has 22 heavy (non-hydrogen) atoms. The van der Waals surface area contributed by atoms with E-state index in [-0.39, 0.29) is 18.1 Å². The number of hydrogen-bond acceptors (Lipinski definition) is 4. The number of aliphatic hydroxyl groups is 1.